The number of ether oxygens (including phenoxy) is 1. The minimum Gasteiger partial charge on any atom is -0.378 e. The van der Waals surface area contributed by atoms with Gasteiger partial charge in [-0.15, -0.1) is 0 Å². The molecule has 3 heterocycles. The van der Waals surface area contributed by atoms with E-state index in [4.69, 9.17) is 9.72 Å². The van der Waals surface area contributed by atoms with Crippen LogP contribution in [0.4, 0.5) is 11.4 Å². The molecule has 1 aromatic carbocycles. The van der Waals surface area contributed by atoms with Crippen LogP contribution >= 0.6 is 0 Å². The standard InChI is InChI=1S/C24H28N4O2/c1-18-2-4-21(27-17-29)15-22(18)20-14-24(28-10-12-30-13-11-28)23(26-16-20)5-3-19-6-8-25-9-7-19/h2,4,14-17,19,25H,6-13H2,1H3,(H,27,29). The summed E-state index contributed by atoms with van der Waals surface area (Å²) in [6, 6.07) is 8.09. The van der Waals surface area contributed by atoms with Crippen molar-refractivity contribution in [3.8, 4) is 23.0 Å². The number of nitrogens with one attached hydrogen (secondary N) is 2. The van der Waals surface area contributed by atoms with Crippen molar-refractivity contribution in [1.29, 1.82) is 0 Å². The average Bonchev–Trinajstić information content (AvgIpc) is 2.80. The molecule has 6 nitrogen and oxygen atoms in total. The van der Waals surface area contributed by atoms with Crippen molar-refractivity contribution in [2.24, 2.45) is 5.92 Å². The lowest BCUT2D eigenvalue weighted by molar-refractivity contribution is -0.105. The first-order valence-electron chi connectivity index (χ1n) is 10.6. The van der Waals surface area contributed by atoms with Crippen LogP contribution in [0.25, 0.3) is 11.1 Å². The molecule has 0 aliphatic carbocycles. The number of piperidine rings is 1. The summed E-state index contributed by atoms with van der Waals surface area (Å²) in [6.07, 6.45) is 4.77. The maximum absolute atomic E-state index is 10.9. The first kappa shape index (κ1) is 20.4. The normalized spacial score (nSPS) is 17.2. The van der Waals surface area contributed by atoms with Crippen LogP contribution in [-0.4, -0.2) is 50.8 Å². The summed E-state index contributed by atoms with van der Waals surface area (Å²) in [5.41, 5.74) is 5.88. The van der Waals surface area contributed by atoms with Gasteiger partial charge in [0.1, 0.15) is 5.69 Å². The van der Waals surface area contributed by atoms with Crippen LogP contribution in [-0.2, 0) is 9.53 Å². The van der Waals surface area contributed by atoms with Gasteiger partial charge in [-0.3, -0.25) is 4.79 Å². The molecule has 0 atom stereocenters. The predicted molar refractivity (Wildman–Crippen MR) is 120 cm³/mol. The monoisotopic (exact) mass is 404 g/mol. The highest BCUT2D eigenvalue weighted by atomic mass is 16.5. The van der Waals surface area contributed by atoms with E-state index >= 15 is 0 Å². The fourth-order valence-corrected chi connectivity index (χ4v) is 3.97. The van der Waals surface area contributed by atoms with Crippen molar-refractivity contribution in [3.63, 3.8) is 0 Å². The molecular formula is C24H28N4O2. The number of hydrogen-bond acceptors (Lipinski definition) is 5. The summed E-state index contributed by atoms with van der Waals surface area (Å²) in [6.45, 7) is 7.22. The van der Waals surface area contributed by atoms with Gasteiger partial charge in [0, 0.05) is 36.5 Å². The van der Waals surface area contributed by atoms with Crippen LogP contribution in [0.1, 0.15) is 24.1 Å². The van der Waals surface area contributed by atoms with Crippen LogP contribution < -0.4 is 15.5 Å². The summed E-state index contributed by atoms with van der Waals surface area (Å²) in [5.74, 6) is 7.26. The minimum absolute atomic E-state index is 0.429. The van der Waals surface area contributed by atoms with Crippen molar-refractivity contribution < 1.29 is 9.53 Å². The summed E-state index contributed by atoms with van der Waals surface area (Å²) < 4.78 is 5.55. The van der Waals surface area contributed by atoms with Crippen molar-refractivity contribution in [1.82, 2.24) is 10.3 Å². The number of amides is 1. The van der Waals surface area contributed by atoms with E-state index in [0.29, 0.717) is 25.5 Å². The number of carbonyl (C=O) groups is 1. The van der Waals surface area contributed by atoms with E-state index in [1.807, 2.05) is 24.4 Å². The minimum atomic E-state index is 0.429. The van der Waals surface area contributed by atoms with E-state index in [9.17, 15) is 4.79 Å². The zero-order valence-corrected chi connectivity index (χ0v) is 17.4. The highest BCUT2D eigenvalue weighted by Crippen LogP contribution is 2.31. The molecule has 2 N–H and O–H groups in total. The van der Waals surface area contributed by atoms with Gasteiger partial charge in [0.05, 0.1) is 18.9 Å². The molecule has 2 fully saturated rings. The third kappa shape index (κ3) is 4.81. The first-order valence-corrected chi connectivity index (χ1v) is 10.6. The van der Waals surface area contributed by atoms with E-state index in [0.717, 1.165) is 72.8 Å². The summed E-state index contributed by atoms with van der Waals surface area (Å²) in [7, 11) is 0. The number of aryl methyl sites for hydroxylation is 1. The largest absolute Gasteiger partial charge is 0.378 e. The van der Waals surface area contributed by atoms with Crippen molar-refractivity contribution in [2.75, 3.05) is 49.6 Å². The third-order valence-corrected chi connectivity index (χ3v) is 5.73. The van der Waals surface area contributed by atoms with Gasteiger partial charge in [-0.25, -0.2) is 4.98 Å². The Labute approximate surface area is 178 Å². The number of anilines is 2. The van der Waals surface area contributed by atoms with Gasteiger partial charge < -0.3 is 20.3 Å². The van der Waals surface area contributed by atoms with E-state index in [1.165, 1.54) is 0 Å². The summed E-state index contributed by atoms with van der Waals surface area (Å²) in [4.78, 5) is 17.9. The van der Waals surface area contributed by atoms with Gasteiger partial charge in [0.15, 0.2) is 0 Å². The number of morpholine rings is 1. The second-order valence-corrected chi connectivity index (χ2v) is 7.78. The van der Waals surface area contributed by atoms with Crippen LogP contribution in [0, 0.1) is 24.7 Å². The highest BCUT2D eigenvalue weighted by molar-refractivity contribution is 5.79. The zero-order chi connectivity index (χ0) is 20.8. The number of pyridine rings is 1. The Morgan fingerprint density at radius 3 is 2.80 bits per heavy atom. The second kappa shape index (κ2) is 9.75. The van der Waals surface area contributed by atoms with Gasteiger partial charge in [-0.1, -0.05) is 12.0 Å². The summed E-state index contributed by atoms with van der Waals surface area (Å²) >= 11 is 0. The molecule has 0 radical (unpaired) electrons. The molecule has 1 amide bonds. The Kier molecular flexibility index (Phi) is 6.63. The van der Waals surface area contributed by atoms with E-state index in [2.05, 4.69) is 40.4 Å². The molecule has 2 aliphatic rings. The maximum atomic E-state index is 10.9. The molecule has 2 aliphatic heterocycles. The second-order valence-electron chi connectivity index (χ2n) is 7.78. The lowest BCUT2D eigenvalue weighted by atomic mass is 9.98. The average molecular weight is 405 g/mol. The van der Waals surface area contributed by atoms with E-state index in [1.54, 1.807) is 0 Å². The summed E-state index contributed by atoms with van der Waals surface area (Å²) in [5, 5.41) is 6.12. The quantitative estimate of drug-likeness (QED) is 0.606. The van der Waals surface area contributed by atoms with E-state index in [-0.39, 0.29) is 0 Å². The van der Waals surface area contributed by atoms with Gasteiger partial charge in [0.2, 0.25) is 6.41 Å². The van der Waals surface area contributed by atoms with Gasteiger partial charge in [-0.05, 0) is 68.1 Å². The van der Waals surface area contributed by atoms with Crippen molar-refractivity contribution in [2.45, 2.75) is 19.8 Å². The van der Waals surface area contributed by atoms with Crippen molar-refractivity contribution >= 4 is 17.8 Å². The predicted octanol–water partition coefficient (Wildman–Crippen LogP) is 2.81. The molecule has 2 aromatic rings. The maximum Gasteiger partial charge on any atom is 0.211 e. The third-order valence-electron chi connectivity index (χ3n) is 5.73. The molecule has 1 aromatic heterocycles. The Balaban J connectivity index is 1.71. The molecule has 0 bridgehead atoms. The number of nitrogens with zero attached hydrogens (tertiary/aromatic N) is 2. The Morgan fingerprint density at radius 2 is 2.03 bits per heavy atom. The Hall–Kier alpha value is -2.88. The molecule has 0 saturated carbocycles. The van der Waals surface area contributed by atoms with Gasteiger partial charge in [-0.2, -0.15) is 0 Å². The topological polar surface area (TPSA) is 66.5 Å². The Morgan fingerprint density at radius 1 is 1.23 bits per heavy atom. The van der Waals surface area contributed by atoms with Crippen LogP contribution in [0.5, 0.6) is 0 Å². The van der Waals surface area contributed by atoms with Crippen LogP contribution in [0.3, 0.4) is 0 Å². The molecule has 2 saturated heterocycles. The molecule has 6 heteroatoms. The lowest BCUT2D eigenvalue weighted by Gasteiger charge is -2.29. The van der Waals surface area contributed by atoms with E-state index < -0.39 is 0 Å². The van der Waals surface area contributed by atoms with Gasteiger partial charge >= 0.3 is 0 Å². The molecular weight excluding hydrogens is 376 g/mol. The fraction of sp³-hybridized carbons (Fsp3) is 0.417. The lowest BCUT2D eigenvalue weighted by Crippen LogP contribution is -2.36. The molecule has 156 valence electrons. The molecule has 4 rings (SSSR count). The smallest absolute Gasteiger partial charge is 0.211 e. The molecule has 0 unspecified atom stereocenters. The molecule has 0 spiro atoms. The van der Waals surface area contributed by atoms with Crippen LogP contribution in [0.2, 0.25) is 0 Å². The number of aromatic nitrogens is 1. The number of carbonyl (C=O) groups excluding carboxylic acids is 1. The molecule has 30 heavy (non-hydrogen) atoms. The fourth-order valence-electron chi connectivity index (χ4n) is 3.97. The zero-order valence-electron chi connectivity index (χ0n) is 17.4. The first-order chi connectivity index (χ1) is 14.7. The number of benzene rings is 1. The van der Waals surface area contributed by atoms with Crippen molar-refractivity contribution in [3.05, 3.63) is 41.7 Å². The SMILES string of the molecule is Cc1ccc(NC=O)cc1-c1cnc(C#CC2CCNCC2)c(N2CCOCC2)c1. The number of hydrogen-bond donors (Lipinski definition) is 2. The van der Waals surface area contributed by atoms with Gasteiger partial charge in [0.25, 0.3) is 0 Å². The highest BCUT2D eigenvalue weighted by Gasteiger charge is 2.17. The van der Waals surface area contributed by atoms with Crippen LogP contribution in [0.15, 0.2) is 30.5 Å². The number of rotatable bonds is 4. The Bertz CT molecular complexity index is 951.